The molecule has 1 amide bonds. The predicted molar refractivity (Wildman–Crippen MR) is 128 cm³/mol. The monoisotopic (exact) mass is 451 g/mol. The highest BCUT2D eigenvalue weighted by Gasteiger charge is 2.45. The van der Waals surface area contributed by atoms with Gasteiger partial charge >= 0.3 is 0 Å². The van der Waals surface area contributed by atoms with Gasteiger partial charge in [0.05, 0.1) is 18.2 Å². The Morgan fingerprint density at radius 2 is 1.85 bits per heavy atom. The number of aliphatic hydroxyl groups is 1. The van der Waals surface area contributed by atoms with E-state index in [1.165, 1.54) is 0 Å². The van der Waals surface area contributed by atoms with Crippen LogP contribution in [0.4, 0.5) is 0 Å². The Labute approximate surface area is 195 Å². The van der Waals surface area contributed by atoms with Crippen molar-refractivity contribution in [3.05, 3.63) is 65.5 Å². The zero-order chi connectivity index (χ0) is 23.8. The molecular formula is C26H33N3O4. The predicted octanol–water partition coefficient (Wildman–Crippen LogP) is 4.02. The van der Waals surface area contributed by atoms with Crippen LogP contribution in [0.25, 0.3) is 5.76 Å². The molecule has 1 aliphatic rings. The minimum atomic E-state index is -0.669. The van der Waals surface area contributed by atoms with Crippen molar-refractivity contribution in [1.82, 2.24) is 14.8 Å². The maximum Gasteiger partial charge on any atom is 0.295 e. The molecule has 0 spiro atoms. The number of ketones is 1. The molecule has 176 valence electrons. The fourth-order valence-electron chi connectivity index (χ4n) is 4.12. The van der Waals surface area contributed by atoms with Gasteiger partial charge in [-0.3, -0.25) is 14.6 Å². The molecule has 7 heteroatoms. The van der Waals surface area contributed by atoms with E-state index >= 15 is 0 Å². The van der Waals surface area contributed by atoms with Gasteiger partial charge < -0.3 is 19.6 Å². The zero-order valence-corrected chi connectivity index (χ0v) is 19.7. The standard InChI is InChI=1S/C26H33N3O4/c1-4-17-33-21-10-7-9-20(18-21)24(30)22-23(19-11-13-27-14-12-19)29(26(32)25(22)31)16-8-15-28(5-2)6-3/h7,9-14,18,23,30H,4-6,8,15-17H2,1-3H3/b24-22+. The van der Waals surface area contributed by atoms with Crippen LogP contribution in [0.2, 0.25) is 0 Å². The number of carbonyl (C=O) groups is 2. The molecule has 3 rings (SSSR count). The number of hydrogen-bond acceptors (Lipinski definition) is 6. The summed E-state index contributed by atoms with van der Waals surface area (Å²) in [4.78, 5) is 34.1. The van der Waals surface area contributed by atoms with Crippen molar-refractivity contribution in [2.75, 3.05) is 32.8 Å². The first-order valence-corrected chi connectivity index (χ1v) is 11.7. The molecule has 1 aromatic carbocycles. The van der Waals surface area contributed by atoms with E-state index in [0.717, 1.165) is 38.0 Å². The van der Waals surface area contributed by atoms with Gasteiger partial charge in [-0.1, -0.05) is 32.9 Å². The number of benzene rings is 1. The topological polar surface area (TPSA) is 83.0 Å². The van der Waals surface area contributed by atoms with Crippen molar-refractivity contribution in [1.29, 1.82) is 0 Å². The fraction of sp³-hybridized carbons (Fsp3) is 0.423. The average molecular weight is 452 g/mol. The van der Waals surface area contributed by atoms with Gasteiger partial charge in [0.25, 0.3) is 11.7 Å². The summed E-state index contributed by atoms with van der Waals surface area (Å²) >= 11 is 0. The smallest absolute Gasteiger partial charge is 0.295 e. The van der Waals surface area contributed by atoms with Crippen molar-refractivity contribution >= 4 is 17.4 Å². The highest BCUT2D eigenvalue weighted by Crippen LogP contribution is 2.39. The summed E-state index contributed by atoms with van der Waals surface area (Å²) < 4.78 is 5.68. The molecule has 33 heavy (non-hydrogen) atoms. The molecule has 1 fully saturated rings. The van der Waals surface area contributed by atoms with E-state index in [1.54, 1.807) is 53.7 Å². The molecule has 0 radical (unpaired) electrons. The van der Waals surface area contributed by atoms with Crippen LogP contribution < -0.4 is 4.74 Å². The second-order valence-corrected chi connectivity index (χ2v) is 8.03. The summed E-state index contributed by atoms with van der Waals surface area (Å²) in [5.41, 5.74) is 1.29. The Morgan fingerprint density at radius 3 is 2.52 bits per heavy atom. The van der Waals surface area contributed by atoms with Crippen molar-refractivity contribution in [3.8, 4) is 5.75 Å². The third-order valence-electron chi connectivity index (χ3n) is 5.91. The summed E-state index contributed by atoms with van der Waals surface area (Å²) in [5, 5.41) is 11.2. The Balaban J connectivity index is 1.98. The van der Waals surface area contributed by atoms with Gasteiger partial charge in [0.1, 0.15) is 11.5 Å². The van der Waals surface area contributed by atoms with Crippen LogP contribution in [0.1, 0.15) is 50.8 Å². The van der Waals surface area contributed by atoms with Gasteiger partial charge in [-0.2, -0.15) is 0 Å². The molecule has 1 N–H and O–H groups in total. The quantitative estimate of drug-likeness (QED) is 0.316. The summed E-state index contributed by atoms with van der Waals surface area (Å²) in [6.45, 7) is 9.88. The van der Waals surface area contributed by atoms with Gasteiger partial charge in [-0.15, -0.1) is 0 Å². The highest BCUT2D eigenvalue weighted by atomic mass is 16.5. The number of likely N-dealkylation sites (tertiary alicyclic amines) is 1. The SMILES string of the molecule is CCCOc1cccc(/C(O)=C2\C(=O)C(=O)N(CCCN(CC)CC)C2c2ccncc2)c1. The van der Waals surface area contributed by atoms with E-state index in [9.17, 15) is 14.7 Å². The average Bonchev–Trinajstić information content (AvgIpc) is 3.10. The molecule has 1 unspecified atom stereocenters. The van der Waals surface area contributed by atoms with E-state index in [4.69, 9.17) is 4.74 Å². The van der Waals surface area contributed by atoms with Crippen LogP contribution in [0.3, 0.4) is 0 Å². The molecule has 1 aromatic heterocycles. The van der Waals surface area contributed by atoms with Gasteiger partial charge in [-0.25, -0.2) is 0 Å². The van der Waals surface area contributed by atoms with E-state index < -0.39 is 17.7 Å². The Hall–Kier alpha value is -3.19. The number of Topliss-reactive ketones (excluding diaryl/α,β-unsaturated/α-hetero) is 1. The maximum atomic E-state index is 13.1. The van der Waals surface area contributed by atoms with Crippen LogP contribution in [0.5, 0.6) is 5.75 Å². The summed E-state index contributed by atoms with van der Waals surface area (Å²) in [7, 11) is 0. The number of nitrogens with zero attached hydrogens (tertiary/aromatic N) is 3. The summed E-state index contributed by atoms with van der Waals surface area (Å²) in [5.74, 6) is -0.841. The summed E-state index contributed by atoms with van der Waals surface area (Å²) in [6.07, 6.45) is 4.85. The summed E-state index contributed by atoms with van der Waals surface area (Å²) in [6, 6.07) is 9.88. The fourth-order valence-corrected chi connectivity index (χ4v) is 4.12. The second-order valence-electron chi connectivity index (χ2n) is 8.03. The first-order valence-electron chi connectivity index (χ1n) is 11.7. The van der Waals surface area contributed by atoms with Crippen LogP contribution >= 0.6 is 0 Å². The maximum absolute atomic E-state index is 13.1. The number of pyridine rings is 1. The first kappa shape index (κ1) is 24.5. The van der Waals surface area contributed by atoms with Crippen molar-refractivity contribution < 1.29 is 19.4 Å². The Kier molecular flexibility index (Phi) is 8.60. The number of aromatic nitrogens is 1. The lowest BCUT2D eigenvalue weighted by atomic mass is 9.96. The van der Waals surface area contributed by atoms with E-state index in [0.29, 0.717) is 24.5 Å². The van der Waals surface area contributed by atoms with Gasteiger partial charge in [0.2, 0.25) is 0 Å². The Bertz CT molecular complexity index is 986. The van der Waals surface area contributed by atoms with Crippen LogP contribution in [-0.4, -0.2) is 64.4 Å². The second kappa shape index (κ2) is 11.6. The lowest BCUT2D eigenvalue weighted by Crippen LogP contribution is -2.33. The third-order valence-corrected chi connectivity index (χ3v) is 5.91. The van der Waals surface area contributed by atoms with Gasteiger partial charge in [-0.05, 0) is 62.3 Å². The minimum absolute atomic E-state index is 0.0988. The number of aliphatic hydroxyl groups excluding tert-OH is 1. The van der Waals surface area contributed by atoms with Crippen LogP contribution in [0.15, 0.2) is 54.4 Å². The van der Waals surface area contributed by atoms with Crippen molar-refractivity contribution in [3.63, 3.8) is 0 Å². The largest absolute Gasteiger partial charge is 0.507 e. The normalized spacial score (nSPS) is 17.7. The minimum Gasteiger partial charge on any atom is -0.507 e. The number of carbonyl (C=O) groups excluding carboxylic acids is 2. The molecule has 1 saturated heterocycles. The molecular weight excluding hydrogens is 418 g/mol. The Morgan fingerprint density at radius 1 is 1.12 bits per heavy atom. The lowest BCUT2D eigenvalue weighted by Gasteiger charge is -2.26. The number of hydrogen-bond donors (Lipinski definition) is 1. The zero-order valence-electron chi connectivity index (χ0n) is 19.7. The molecule has 2 heterocycles. The molecule has 2 aromatic rings. The van der Waals surface area contributed by atoms with Crippen LogP contribution in [0, 0.1) is 0 Å². The van der Waals surface area contributed by atoms with Crippen molar-refractivity contribution in [2.45, 2.75) is 39.7 Å². The molecule has 0 saturated carbocycles. The first-order chi connectivity index (χ1) is 16.0. The molecule has 7 nitrogen and oxygen atoms in total. The van der Waals surface area contributed by atoms with E-state index in [2.05, 4.69) is 23.7 Å². The van der Waals surface area contributed by atoms with E-state index in [-0.39, 0.29) is 11.3 Å². The third kappa shape index (κ3) is 5.60. The number of rotatable bonds is 11. The lowest BCUT2D eigenvalue weighted by molar-refractivity contribution is -0.140. The molecule has 1 aliphatic heterocycles. The highest BCUT2D eigenvalue weighted by molar-refractivity contribution is 6.46. The van der Waals surface area contributed by atoms with Crippen LogP contribution in [-0.2, 0) is 9.59 Å². The number of amides is 1. The molecule has 0 aliphatic carbocycles. The van der Waals surface area contributed by atoms with Gasteiger partial charge in [0, 0.05) is 24.5 Å². The molecule has 0 bridgehead atoms. The van der Waals surface area contributed by atoms with Crippen molar-refractivity contribution in [2.24, 2.45) is 0 Å². The van der Waals surface area contributed by atoms with Gasteiger partial charge in [0.15, 0.2) is 0 Å². The molecule has 1 atom stereocenters. The number of ether oxygens (including phenoxy) is 1. The van der Waals surface area contributed by atoms with E-state index in [1.807, 2.05) is 6.92 Å².